The zero-order chi connectivity index (χ0) is 22.0. The summed E-state index contributed by atoms with van der Waals surface area (Å²) in [6, 6.07) is 12.4. The number of nitrogens with zero attached hydrogens (tertiary/aromatic N) is 6. The van der Waals surface area contributed by atoms with Gasteiger partial charge < -0.3 is 9.80 Å². The van der Waals surface area contributed by atoms with E-state index in [9.17, 15) is 4.79 Å². The van der Waals surface area contributed by atoms with Gasteiger partial charge in [0.1, 0.15) is 5.82 Å². The van der Waals surface area contributed by atoms with Gasteiger partial charge in [-0.1, -0.05) is 18.2 Å². The molecule has 1 atom stereocenters. The van der Waals surface area contributed by atoms with Crippen LogP contribution in [0.3, 0.4) is 0 Å². The molecular weight excluding hydrogens is 388 g/mol. The molecule has 7 nitrogen and oxygen atoms in total. The molecule has 31 heavy (non-hydrogen) atoms. The van der Waals surface area contributed by atoms with Gasteiger partial charge in [-0.25, -0.2) is 9.97 Å². The molecule has 1 aliphatic rings. The van der Waals surface area contributed by atoms with Gasteiger partial charge in [0, 0.05) is 58.3 Å². The van der Waals surface area contributed by atoms with Gasteiger partial charge >= 0.3 is 0 Å². The number of rotatable bonds is 6. The average molecular weight is 419 g/mol. The maximum Gasteiger partial charge on any atom is 0.220 e. The van der Waals surface area contributed by atoms with E-state index in [-0.39, 0.29) is 11.9 Å². The Morgan fingerprint density at radius 2 is 1.97 bits per heavy atom. The van der Waals surface area contributed by atoms with Crippen molar-refractivity contribution >= 4 is 22.6 Å². The molecule has 0 N–H and O–H groups in total. The first-order chi connectivity index (χ1) is 14.9. The lowest BCUT2D eigenvalue weighted by Crippen LogP contribution is -2.30. The van der Waals surface area contributed by atoms with Gasteiger partial charge in [0.15, 0.2) is 5.82 Å². The van der Waals surface area contributed by atoms with Gasteiger partial charge in [0.25, 0.3) is 0 Å². The third kappa shape index (κ3) is 4.66. The molecular formula is C24H30N6O. The highest BCUT2D eigenvalue weighted by Gasteiger charge is 2.30. The molecule has 0 spiro atoms. The summed E-state index contributed by atoms with van der Waals surface area (Å²) in [6.45, 7) is 3.89. The number of amides is 1. The smallest absolute Gasteiger partial charge is 0.220 e. The molecule has 1 aliphatic heterocycles. The highest BCUT2D eigenvalue weighted by molar-refractivity contribution is 5.81. The van der Waals surface area contributed by atoms with E-state index in [2.05, 4.69) is 35.1 Å². The lowest BCUT2D eigenvalue weighted by Gasteiger charge is -2.24. The lowest BCUT2D eigenvalue weighted by atomic mass is 10.1. The van der Waals surface area contributed by atoms with Crippen molar-refractivity contribution in [3.8, 4) is 0 Å². The molecule has 1 saturated heterocycles. The Hall–Kier alpha value is -3.06. The largest absolute Gasteiger partial charge is 0.363 e. The fourth-order valence-electron chi connectivity index (χ4n) is 4.30. The zero-order valence-electron chi connectivity index (χ0n) is 18.7. The summed E-state index contributed by atoms with van der Waals surface area (Å²) in [5.74, 6) is 1.71. The van der Waals surface area contributed by atoms with Gasteiger partial charge in [0.05, 0.1) is 17.3 Å². The van der Waals surface area contributed by atoms with Crippen molar-refractivity contribution in [1.29, 1.82) is 0 Å². The molecule has 7 heteroatoms. The number of fused-ring (bicyclic) bond motifs is 1. The van der Waals surface area contributed by atoms with E-state index < -0.39 is 0 Å². The summed E-state index contributed by atoms with van der Waals surface area (Å²) < 4.78 is 0. The number of aromatic nitrogens is 3. The minimum Gasteiger partial charge on any atom is -0.363 e. The first-order valence-corrected chi connectivity index (χ1v) is 10.8. The number of hydrogen-bond acceptors (Lipinski definition) is 6. The molecule has 0 aliphatic carbocycles. The highest BCUT2D eigenvalue weighted by Crippen LogP contribution is 2.31. The van der Waals surface area contributed by atoms with Crippen molar-refractivity contribution in [3.63, 3.8) is 0 Å². The predicted octanol–water partition coefficient (Wildman–Crippen LogP) is 3.41. The third-order valence-electron chi connectivity index (χ3n) is 5.80. The van der Waals surface area contributed by atoms with Crippen LogP contribution in [0.25, 0.3) is 10.9 Å². The molecule has 3 heterocycles. The van der Waals surface area contributed by atoms with E-state index >= 15 is 0 Å². The van der Waals surface area contributed by atoms with Crippen LogP contribution in [0.2, 0.25) is 0 Å². The van der Waals surface area contributed by atoms with Gasteiger partial charge in [-0.15, -0.1) is 0 Å². The Kier molecular flexibility index (Phi) is 6.13. The highest BCUT2D eigenvalue weighted by atomic mass is 16.2. The summed E-state index contributed by atoms with van der Waals surface area (Å²) in [5.41, 5.74) is 3.22. The standard InChI is InChI=1S/C24H30N6O/c1-17(31)30-13-7-11-22(30)24-26-19(14-23(27-24)28(2)3)16-29(4)15-18-8-5-10-21-20(18)9-6-12-25-21/h5-6,8-10,12,14,22H,7,11,13,15-16H2,1-4H3. The number of carbonyl (C=O) groups is 1. The zero-order valence-corrected chi connectivity index (χ0v) is 18.7. The topological polar surface area (TPSA) is 65.5 Å². The van der Waals surface area contributed by atoms with Gasteiger partial charge in [-0.2, -0.15) is 0 Å². The molecule has 4 rings (SSSR count). The maximum atomic E-state index is 12.1. The van der Waals surface area contributed by atoms with Crippen LogP contribution in [0.1, 0.15) is 42.9 Å². The van der Waals surface area contributed by atoms with Crippen molar-refractivity contribution in [2.45, 2.75) is 38.9 Å². The van der Waals surface area contributed by atoms with Crippen LogP contribution >= 0.6 is 0 Å². The number of benzene rings is 1. The Morgan fingerprint density at radius 3 is 2.74 bits per heavy atom. The van der Waals surface area contributed by atoms with Crippen LogP contribution in [-0.4, -0.2) is 58.3 Å². The summed E-state index contributed by atoms with van der Waals surface area (Å²) in [6.07, 6.45) is 3.73. The predicted molar refractivity (Wildman–Crippen MR) is 123 cm³/mol. The molecule has 3 aromatic rings. The van der Waals surface area contributed by atoms with Gasteiger partial charge in [-0.05, 0) is 37.6 Å². The summed E-state index contributed by atoms with van der Waals surface area (Å²) in [7, 11) is 6.07. The quantitative estimate of drug-likeness (QED) is 0.611. The second-order valence-electron chi connectivity index (χ2n) is 8.50. The minimum absolute atomic E-state index is 0.0365. The van der Waals surface area contributed by atoms with E-state index in [1.165, 1.54) is 10.9 Å². The molecule has 1 amide bonds. The van der Waals surface area contributed by atoms with Crippen molar-refractivity contribution < 1.29 is 4.79 Å². The molecule has 0 saturated carbocycles. The van der Waals surface area contributed by atoms with E-state index in [1.54, 1.807) is 6.92 Å². The number of hydrogen-bond donors (Lipinski definition) is 0. The van der Waals surface area contributed by atoms with Gasteiger partial charge in [0.2, 0.25) is 5.91 Å². The van der Waals surface area contributed by atoms with Crippen LogP contribution in [-0.2, 0) is 17.9 Å². The number of anilines is 1. The van der Waals surface area contributed by atoms with E-state index in [1.807, 2.05) is 48.3 Å². The molecule has 2 aromatic heterocycles. The van der Waals surface area contributed by atoms with Crippen LogP contribution in [0.15, 0.2) is 42.6 Å². The van der Waals surface area contributed by atoms with Crippen LogP contribution in [0.5, 0.6) is 0 Å². The first kappa shape index (κ1) is 21.2. The number of pyridine rings is 1. The van der Waals surface area contributed by atoms with Crippen molar-refractivity contribution in [2.24, 2.45) is 0 Å². The maximum absolute atomic E-state index is 12.1. The monoisotopic (exact) mass is 418 g/mol. The molecule has 1 fully saturated rings. The SMILES string of the molecule is CC(=O)N1CCCC1c1nc(CN(C)Cc2cccc3ncccc23)cc(N(C)C)n1. The lowest BCUT2D eigenvalue weighted by molar-refractivity contribution is -0.129. The number of likely N-dealkylation sites (tertiary alicyclic amines) is 1. The Morgan fingerprint density at radius 1 is 1.13 bits per heavy atom. The Balaban J connectivity index is 1.58. The average Bonchev–Trinajstić information content (AvgIpc) is 3.24. The molecule has 1 unspecified atom stereocenters. The Bertz CT molecular complexity index is 1080. The fraction of sp³-hybridized carbons (Fsp3) is 0.417. The van der Waals surface area contributed by atoms with Crippen molar-refractivity contribution in [3.05, 3.63) is 59.7 Å². The van der Waals surface area contributed by atoms with Crippen LogP contribution < -0.4 is 4.90 Å². The van der Waals surface area contributed by atoms with Crippen LogP contribution in [0.4, 0.5) is 5.82 Å². The van der Waals surface area contributed by atoms with E-state index in [4.69, 9.17) is 9.97 Å². The molecule has 162 valence electrons. The summed E-state index contributed by atoms with van der Waals surface area (Å²) >= 11 is 0. The van der Waals surface area contributed by atoms with Crippen molar-refractivity contribution in [2.75, 3.05) is 32.6 Å². The van der Waals surface area contributed by atoms with Crippen LogP contribution in [0, 0.1) is 0 Å². The van der Waals surface area contributed by atoms with E-state index in [0.29, 0.717) is 6.54 Å². The van der Waals surface area contributed by atoms with E-state index in [0.717, 1.165) is 48.8 Å². The summed E-state index contributed by atoms with van der Waals surface area (Å²) in [5, 5.41) is 1.18. The second kappa shape index (κ2) is 8.98. The summed E-state index contributed by atoms with van der Waals surface area (Å²) in [4.78, 5) is 32.3. The van der Waals surface area contributed by atoms with Gasteiger partial charge in [-0.3, -0.25) is 14.7 Å². The number of carbonyl (C=O) groups excluding carboxylic acids is 1. The van der Waals surface area contributed by atoms with Crippen molar-refractivity contribution in [1.82, 2.24) is 24.8 Å². The molecule has 0 bridgehead atoms. The Labute approximate surface area is 183 Å². The third-order valence-corrected chi connectivity index (χ3v) is 5.80. The molecule has 0 radical (unpaired) electrons. The fourth-order valence-corrected chi connectivity index (χ4v) is 4.30. The normalized spacial score (nSPS) is 16.3. The second-order valence-corrected chi connectivity index (χ2v) is 8.50. The first-order valence-electron chi connectivity index (χ1n) is 10.8. The minimum atomic E-state index is -0.0365. The molecule has 1 aromatic carbocycles.